The van der Waals surface area contributed by atoms with Crippen LogP contribution in [0, 0.1) is 5.92 Å². The highest BCUT2D eigenvalue weighted by molar-refractivity contribution is 7.80. The summed E-state index contributed by atoms with van der Waals surface area (Å²) in [5, 5.41) is 1.14. The quantitative estimate of drug-likeness (QED) is 0.862. The molecule has 2 unspecified atom stereocenters. The lowest BCUT2D eigenvalue weighted by molar-refractivity contribution is 0.364. The molecule has 1 aliphatic heterocycles. The van der Waals surface area contributed by atoms with E-state index in [1.54, 1.807) is 0 Å². The fourth-order valence-corrected chi connectivity index (χ4v) is 3.42. The van der Waals surface area contributed by atoms with Gasteiger partial charge in [-0.05, 0) is 31.7 Å². The minimum Gasteiger partial charge on any atom is -0.389 e. The average Bonchev–Trinajstić information content (AvgIpc) is 2.49. The molecular formula is C17H21N3S. The van der Waals surface area contributed by atoms with Crippen LogP contribution in [0.15, 0.2) is 30.5 Å². The number of rotatable bonds is 2. The maximum Gasteiger partial charge on any atom is 0.107 e. The van der Waals surface area contributed by atoms with Crippen LogP contribution >= 0.6 is 12.2 Å². The zero-order chi connectivity index (χ0) is 15.0. The highest BCUT2D eigenvalue weighted by atomic mass is 32.1. The molecule has 4 heteroatoms. The number of pyridine rings is 1. The number of nitrogens with zero attached hydrogens (tertiary/aromatic N) is 2. The Kier molecular flexibility index (Phi) is 3.81. The fourth-order valence-electron chi connectivity index (χ4n) is 3.27. The van der Waals surface area contributed by atoms with Crippen LogP contribution in [-0.2, 0) is 0 Å². The molecule has 1 aromatic heterocycles. The van der Waals surface area contributed by atoms with E-state index in [2.05, 4.69) is 35.9 Å². The summed E-state index contributed by atoms with van der Waals surface area (Å²) in [7, 11) is 0. The number of piperidine rings is 1. The van der Waals surface area contributed by atoms with Gasteiger partial charge in [0, 0.05) is 24.2 Å². The number of aromatic nitrogens is 1. The van der Waals surface area contributed by atoms with E-state index in [-0.39, 0.29) is 0 Å². The normalized spacial score (nSPS) is 22.5. The molecule has 1 fully saturated rings. The molecule has 3 rings (SSSR count). The summed E-state index contributed by atoms with van der Waals surface area (Å²) >= 11 is 5.26. The lowest BCUT2D eigenvalue weighted by Crippen LogP contribution is -2.43. The predicted molar refractivity (Wildman–Crippen MR) is 92.8 cm³/mol. The van der Waals surface area contributed by atoms with Crippen LogP contribution in [0.2, 0.25) is 0 Å². The zero-order valence-electron chi connectivity index (χ0n) is 12.5. The van der Waals surface area contributed by atoms with E-state index >= 15 is 0 Å². The van der Waals surface area contributed by atoms with Crippen molar-refractivity contribution in [3.8, 4) is 0 Å². The number of para-hydroxylation sites is 1. The standard InChI is InChI=1S/C17H21N3S/c1-11-6-5-9-20(12(11)2)16-13-7-3-4-8-15(13)19-10-14(16)17(18)21/h3-4,7-8,10-12H,5-6,9H2,1-2H3,(H2,18,21). The van der Waals surface area contributed by atoms with Gasteiger partial charge in [0.2, 0.25) is 0 Å². The van der Waals surface area contributed by atoms with Crippen LogP contribution in [0.3, 0.4) is 0 Å². The molecule has 0 amide bonds. The lowest BCUT2D eigenvalue weighted by Gasteiger charge is -2.41. The van der Waals surface area contributed by atoms with E-state index < -0.39 is 0 Å². The van der Waals surface area contributed by atoms with E-state index in [0.29, 0.717) is 16.9 Å². The third kappa shape index (κ3) is 2.48. The van der Waals surface area contributed by atoms with Gasteiger partial charge in [-0.25, -0.2) is 0 Å². The lowest BCUT2D eigenvalue weighted by atomic mass is 9.90. The maximum absolute atomic E-state index is 5.96. The molecule has 1 aromatic carbocycles. The Hall–Kier alpha value is -1.68. The number of thiocarbonyl (C=S) groups is 1. The summed E-state index contributed by atoms with van der Waals surface area (Å²) in [6.07, 6.45) is 4.31. The molecule has 1 saturated heterocycles. The van der Waals surface area contributed by atoms with Gasteiger partial charge in [0.25, 0.3) is 0 Å². The Morgan fingerprint density at radius 2 is 2.10 bits per heavy atom. The van der Waals surface area contributed by atoms with Gasteiger partial charge in [0.05, 0.1) is 16.8 Å². The number of fused-ring (bicyclic) bond motifs is 1. The van der Waals surface area contributed by atoms with Gasteiger partial charge in [-0.1, -0.05) is 37.3 Å². The third-order valence-electron chi connectivity index (χ3n) is 4.67. The smallest absolute Gasteiger partial charge is 0.107 e. The second-order valence-electron chi connectivity index (χ2n) is 5.96. The van der Waals surface area contributed by atoms with Gasteiger partial charge in [-0.3, -0.25) is 4.98 Å². The Morgan fingerprint density at radius 3 is 2.86 bits per heavy atom. The molecule has 2 N–H and O–H groups in total. The zero-order valence-corrected chi connectivity index (χ0v) is 13.4. The maximum atomic E-state index is 5.96. The molecule has 110 valence electrons. The van der Waals surface area contributed by atoms with Crippen molar-refractivity contribution in [2.75, 3.05) is 11.4 Å². The van der Waals surface area contributed by atoms with Crippen LogP contribution in [0.5, 0.6) is 0 Å². The minimum absolute atomic E-state index is 0.425. The Labute approximate surface area is 131 Å². The Morgan fingerprint density at radius 1 is 1.33 bits per heavy atom. The Bertz CT molecular complexity index is 683. The first-order valence-corrected chi connectivity index (χ1v) is 7.94. The van der Waals surface area contributed by atoms with Crippen LogP contribution in [0.1, 0.15) is 32.3 Å². The molecule has 2 atom stereocenters. The number of nitrogens with two attached hydrogens (primary N) is 1. The molecule has 21 heavy (non-hydrogen) atoms. The summed E-state index contributed by atoms with van der Waals surface area (Å²) in [6, 6.07) is 8.71. The average molecular weight is 299 g/mol. The first-order valence-electron chi connectivity index (χ1n) is 7.53. The summed E-state index contributed by atoms with van der Waals surface area (Å²) in [4.78, 5) is 7.40. The van der Waals surface area contributed by atoms with E-state index in [0.717, 1.165) is 28.7 Å². The van der Waals surface area contributed by atoms with Crippen LogP contribution in [0.4, 0.5) is 5.69 Å². The molecule has 0 radical (unpaired) electrons. The molecule has 0 spiro atoms. The first kappa shape index (κ1) is 14.3. The van der Waals surface area contributed by atoms with Crippen molar-refractivity contribution in [3.05, 3.63) is 36.0 Å². The third-order valence-corrected chi connectivity index (χ3v) is 4.89. The molecule has 2 heterocycles. The second-order valence-corrected chi connectivity index (χ2v) is 6.40. The van der Waals surface area contributed by atoms with Crippen LogP contribution < -0.4 is 10.6 Å². The van der Waals surface area contributed by atoms with Gasteiger partial charge in [0.15, 0.2) is 0 Å². The summed E-state index contributed by atoms with van der Waals surface area (Å²) in [5.41, 5.74) is 9.01. The van der Waals surface area contributed by atoms with Gasteiger partial charge < -0.3 is 10.6 Å². The fraction of sp³-hybridized carbons (Fsp3) is 0.412. The largest absolute Gasteiger partial charge is 0.389 e. The monoisotopic (exact) mass is 299 g/mol. The van der Waals surface area contributed by atoms with E-state index in [9.17, 15) is 0 Å². The van der Waals surface area contributed by atoms with Crippen molar-refractivity contribution in [2.24, 2.45) is 11.7 Å². The van der Waals surface area contributed by atoms with E-state index in [4.69, 9.17) is 18.0 Å². The van der Waals surface area contributed by atoms with Gasteiger partial charge >= 0.3 is 0 Å². The Balaban J connectivity index is 2.23. The highest BCUT2D eigenvalue weighted by Crippen LogP contribution is 2.35. The van der Waals surface area contributed by atoms with E-state index in [1.807, 2.05) is 18.3 Å². The van der Waals surface area contributed by atoms with Gasteiger partial charge in [0.1, 0.15) is 4.99 Å². The van der Waals surface area contributed by atoms with Gasteiger partial charge in [-0.15, -0.1) is 0 Å². The molecule has 0 aliphatic carbocycles. The first-order chi connectivity index (χ1) is 10.1. The SMILES string of the molecule is CC1CCCN(c2c(C(N)=S)cnc3ccccc23)C1C. The number of hydrogen-bond donors (Lipinski definition) is 1. The molecule has 3 nitrogen and oxygen atoms in total. The number of anilines is 1. The van der Waals surface area contributed by atoms with Crippen molar-refractivity contribution in [3.63, 3.8) is 0 Å². The molecule has 0 saturated carbocycles. The van der Waals surface area contributed by atoms with Crippen molar-refractivity contribution in [1.29, 1.82) is 0 Å². The topological polar surface area (TPSA) is 42.1 Å². The van der Waals surface area contributed by atoms with Crippen LogP contribution in [0.25, 0.3) is 10.9 Å². The van der Waals surface area contributed by atoms with Crippen molar-refractivity contribution in [2.45, 2.75) is 32.7 Å². The number of benzene rings is 1. The van der Waals surface area contributed by atoms with Crippen LogP contribution in [-0.4, -0.2) is 22.6 Å². The van der Waals surface area contributed by atoms with Crippen molar-refractivity contribution < 1.29 is 0 Å². The van der Waals surface area contributed by atoms with Crippen molar-refractivity contribution >= 4 is 33.8 Å². The van der Waals surface area contributed by atoms with E-state index in [1.165, 1.54) is 12.8 Å². The molecular weight excluding hydrogens is 278 g/mol. The van der Waals surface area contributed by atoms with Gasteiger partial charge in [-0.2, -0.15) is 0 Å². The molecule has 1 aliphatic rings. The minimum atomic E-state index is 0.425. The number of hydrogen-bond acceptors (Lipinski definition) is 3. The highest BCUT2D eigenvalue weighted by Gasteiger charge is 2.28. The summed E-state index contributed by atoms with van der Waals surface area (Å²) in [5.74, 6) is 0.671. The summed E-state index contributed by atoms with van der Waals surface area (Å²) < 4.78 is 0. The summed E-state index contributed by atoms with van der Waals surface area (Å²) in [6.45, 7) is 5.66. The van der Waals surface area contributed by atoms with Crippen molar-refractivity contribution in [1.82, 2.24) is 4.98 Å². The molecule has 0 bridgehead atoms. The molecule has 2 aromatic rings. The second kappa shape index (κ2) is 5.60. The predicted octanol–water partition coefficient (Wildman–Crippen LogP) is 3.49.